The third kappa shape index (κ3) is 2.33. The van der Waals surface area contributed by atoms with Gasteiger partial charge in [0.1, 0.15) is 5.82 Å². The number of nitrogens with two attached hydrogens (primary N) is 1. The molecule has 1 aromatic heterocycles. The molecule has 2 rings (SSSR count). The Hall–Kier alpha value is -1.43. The number of nitrogens with one attached hydrogen (secondary N) is 2. The Morgan fingerprint density at radius 3 is 3.07 bits per heavy atom. The average Bonchev–Trinajstić information content (AvgIpc) is 2.96. The molecule has 6 heteroatoms. The normalized spacial score (nSPS) is 17.5. The number of nitrogens with zero attached hydrogens (tertiary/aromatic N) is 2. The minimum Gasteiger partial charge on any atom is -0.346 e. The molecule has 1 aliphatic rings. The van der Waals surface area contributed by atoms with Crippen molar-refractivity contribution in [3.05, 3.63) is 11.6 Å². The molecule has 0 aliphatic heterocycles. The van der Waals surface area contributed by atoms with E-state index >= 15 is 0 Å². The van der Waals surface area contributed by atoms with Crippen LogP contribution in [0.2, 0.25) is 0 Å². The number of hydrogen-bond acceptors (Lipinski definition) is 4. The third-order valence-corrected chi connectivity index (χ3v) is 2.40. The lowest BCUT2D eigenvalue weighted by Crippen LogP contribution is -2.38. The van der Waals surface area contributed by atoms with E-state index < -0.39 is 0 Å². The fourth-order valence-corrected chi connectivity index (χ4v) is 1.26. The first-order valence-corrected chi connectivity index (χ1v) is 5.14. The zero-order valence-corrected chi connectivity index (χ0v) is 8.66. The van der Waals surface area contributed by atoms with Crippen LogP contribution in [-0.4, -0.2) is 33.7 Å². The molecule has 1 amide bonds. The number of aromatic amines is 1. The van der Waals surface area contributed by atoms with E-state index in [1.165, 1.54) is 0 Å². The molecular formula is C9H15N5O. The van der Waals surface area contributed by atoms with E-state index in [1.807, 2.05) is 6.92 Å². The van der Waals surface area contributed by atoms with Gasteiger partial charge in [-0.15, -0.1) is 5.10 Å². The largest absolute Gasteiger partial charge is 0.346 e. The second-order valence-electron chi connectivity index (χ2n) is 3.93. The minimum atomic E-state index is -0.267. The molecule has 0 bridgehead atoms. The van der Waals surface area contributed by atoms with E-state index in [1.54, 1.807) is 0 Å². The number of carbonyl (C=O) groups is 1. The van der Waals surface area contributed by atoms with Crippen LogP contribution in [-0.2, 0) is 0 Å². The molecule has 0 unspecified atom stereocenters. The van der Waals surface area contributed by atoms with Crippen molar-refractivity contribution in [3.8, 4) is 0 Å². The summed E-state index contributed by atoms with van der Waals surface area (Å²) in [4.78, 5) is 15.7. The molecule has 0 saturated heterocycles. The fraction of sp³-hybridized carbons (Fsp3) is 0.667. The van der Waals surface area contributed by atoms with Gasteiger partial charge in [-0.3, -0.25) is 9.89 Å². The summed E-state index contributed by atoms with van der Waals surface area (Å²) in [7, 11) is 0. The van der Waals surface area contributed by atoms with Gasteiger partial charge < -0.3 is 11.1 Å². The van der Waals surface area contributed by atoms with Gasteiger partial charge >= 0.3 is 0 Å². The number of amides is 1. The maximum absolute atomic E-state index is 11.6. The van der Waals surface area contributed by atoms with Crippen LogP contribution in [0.3, 0.4) is 0 Å². The molecule has 0 radical (unpaired) electrons. The maximum Gasteiger partial charge on any atom is 0.291 e. The van der Waals surface area contributed by atoms with Gasteiger partial charge in [0.25, 0.3) is 5.91 Å². The van der Waals surface area contributed by atoms with Crippen LogP contribution in [0.25, 0.3) is 0 Å². The molecule has 1 aliphatic carbocycles. The quantitative estimate of drug-likeness (QED) is 0.637. The summed E-state index contributed by atoms with van der Waals surface area (Å²) in [5, 5.41) is 9.37. The zero-order chi connectivity index (χ0) is 10.8. The predicted octanol–water partition coefficient (Wildman–Crippen LogP) is -0.241. The molecule has 4 N–H and O–H groups in total. The molecular weight excluding hydrogens is 194 g/mol. The van der Waals surface area contributed by atoms with Crippen molar-refractivity contribution in [2.75, 3.05) is 6.54 Å². The van der Waals surface area contributed by atoms with E-state index in [-0.39, 0.29) is 17.8 Å². The highest BCUT2D eigenvalue weighted by molar-refractivity contribution is 5.90. The van der Waals surface area contributed by atoms with E-state index in [0.717, 1.165) is 18.7 Å². The molecule has 15 heavy (non-hydrogen) atoms. The molecule has 1 fully saturated rings. The van der Waals surface area contributed by atoms with Crippen LogP contribution in [0.5, 0.6) is 0 Å². The monoisotopic (exact) mass is 209 g/mol. The van der Waals surface area contributed by atoms with Gasteiger partial charge in [0.2, 0.25) is 5.82 Å². The summed E-state index contributed by atoms with van der Waals surface area (Å²) < 4.78 is 0. The summed E-state index contributed by atoms with van der Waals surface area (Å²) in [5.74, 6) is 1.24. The van der Waals surface area contributed by atoms with Crippen molar-refractivity contribution >= 4 is 5.91 Å². The first-order chi connectivity index (χ1) is 7.20. The lowest BCUT2D eigenvalue weighted by atomic mass is 10.3. The Labute approximate surface area is 87.6 Å². The second-order valence-corrected chi connectivity index (χ2v) is 3.93. The van der Waals surface area contributed by atoms with E-state index in [9.17, 15) is 4.79 Å². The summed E-state index contributed by atoms with van der Waals surface area (Å²) in [5.41, 5.74) is 5.40. The Kier molecular flexibility index (Phi) is 2.68. The van der Waals surface area contributed by atoms with Crippen LogP contribution in [0.1, 0.15) is 42.1 Å². The topological polar surface area (TPSA) is 96.7 Å². The highest BCUT2D eigenvalue weighted by atomic mass is 16.2. The Morgan fingerprint density at radius 2 is 2.47 bits per heavy atom. The van der Waals surface area contributed by atoms with Crippen molar-refractivity contribution in [3.63, 3.8) is 0 Å². The molecule has 1 atom stereocenters. The number of H-pyrrole nitrogens is 1. The highest BCUT2D eigenvalue weighted by Gasteiger charge is 2.28. The molecule has 82 valence electrons. The summed E-state index contributed by atoms with van der Waals surface area (Å²) >= 11 is 0. The predicted molar refractivity (Wildman–Crippen MR) is 54.3 cm³/mol. The smallest absolute Gasteiger partial charge is 0.291 e. The van der Waals surface area contributed by atoms with Crippen LogP contribution in [0, 0.1) is 0 Å². The number of aromatic nitrogens is 3. The third-order valence-electron chi connectivity index (χ3n) is 2.40. The van der Waals surface area contributed by atoms with Gasteiger partial charge in [-0.2, -0.15) is 0 Å². The van der Waals surface area contributed by atoms with Crippen molar-refractivity contribution in [2.45, 2.75) is 31.7 Å². The number of hydrogen-bond donors (Lipinski definition) is 3. The number of carbonyl (C=O) groups excluding carboxylic acids is 1. The Balaban J connectivity index is 1.98. The maximum atomic E-state index is 11.6. The SMILES string of the molecule is C[C@H](CN)NC(=O)c1n[nH]c(C2CC2)n1. The lowest BCUT2D eigenvalue weighted by Gasteiger charge is -2.08. The standard InChI is InChI=1S/C9H15N5O/c1-5(4-10)11-9(15)8-12-7(13-14-8)6-2-3-6/h5-6H,2-4,10H2,1H3,(H,11,15)(H,12,13,14)/t5-/m1/s1. The van der Waals surface area contributed by atoms with Gasteiger partial charge in [0.05, 0.1) is 0 Å². The van der Waals surface area contributed by atoms with Crippen molar-refractivity contribution in [1.29, 1.82) is 0 Å². The van der Waals surface area contributed by atoms with E-state index in [0.29, 0.717) is 12.5 Å². The van der Waals surface area contributed by atoms with Gasteiger partial charge in [0.15, 0.2) is 0 Å². The Morgan fingerprint density at radius 1 is 1.73 bits per heavy atom. The summed E-state index contributed by atoms with van der Waals surface area (Å²) in [6.07, 6.45) is 2.27. The van der Waals surface area contributed by atoms with Crippen LogP contribution >= 0.6 is 0 Å². The van der Waals surface area contributed by atoms with Gasteiger partial charge in [-0.25, -0.2) is 4.98 Å². The molecule has 0 aromatic carbocycles. The summed E-state index contributed by atoms with van der Waals surface area (Å²) in [6.45, 7) is 2.25. The van der Waals surface area contributed by atoms with Crippen molar-refractivity contribution in [2.24, 2.45) is 5.73 Å². The molecule has 1 heterocycles. The Bertz CT molecular complexity index is 357. The minimum absolute atomic E-state index is 0.0552. The molecule has 6 nitrogen and oxygen atoms in total. The van der Waals surface area contributed by atoms with Gasteiger partial charge in [-0.05, 0) is 19.8 Å². The van der Waals surface area contributed by atoms with Crippen molar-refractivity contribution < 1.29 is 4.79 Å². The lowest BCUT2D eigenvalue weighted by molar-refractivity contribution is 0.0931. The molecule has 1 aromatic rings. The first-order valence-electron chi connectivity index (χ1n) is 5.14. The van der Waals surface area contributed by atoms with Gasteiger partial charge in [0, 0.05) is 18.5 Å². The van der Waals surface area contributed by atoms with Crippen LogP contribution < -0.4 is 11.1 Å². The highest BCUT2D eigenvalue weighted by Crippen LogP contribution is 2.37. The second kappa shape index (κ2) is 3.98. The van der Waals surface area contributed by atoms with Gasteiger partial charge in [-0.1, -0.05) is 0 Å². The average molecular weight is 209 g/mol. The first kappa shape index (κ1) is 10.1. The zero-order valence-electron chi connectivity index (χ0n) is 8.66. The molecule has 1 saturated carbocycles. The molecule has 0 spiro atoms. The van der Waals surface area contributed by atoms with E-state index in [2.05, 4.69) is 20.5 Å². The summed E-state index contributed by atoms with van der Waals surface area (Å²) in [6, 6.07) is -0.0552. The fourth-order valence-electron chi connectivity index (χ4n) is 1.26. The van der Waals surface area contributed by atoms with E-state index in [4.69, 9.17) is 5.73 Å². The van der Waals surface area contributed by atoms with Crippen LogP contribution in [0.4, 0.5) is 0 Å². The van der Waals surface area contributed by atoms with Crippen LogP contribution in [0.15, 0.2) is 0 Å². The number of rotatable bonds is 4. The van der Waals surface area contributed by atoms with Crippen molar-refractivity contribution in [1.82, 2.24) is 20.5 Å².